The van der Waals surface area contributed by atoms with Crippen LogP contribution in [0.15, 0.2) is 18.3 Å². The Bertz CT molecular complexity index is 264. The van der Waals surface area contributed by atoms with Crippen molar-refractivity contribution < 1.29 is 0 Å². The molecule has 0 radical (unpaired) electrons. The minimum atomic E-state index is 0.433. The van der Waals surface area contributed by atoms with Crippen molar-refractivity contribution in [3.8, 4) is 0 Å². The first-order valence-corrected chi connectivity index (χ1v) is 5.23. The van der Waals surface area contributed by atoms with Gasteiger partial charge in [-0.15, -0.1) is 0 Å². The van der Waals surface area contributed by atoms with Crippen molar-refractivity contribution in [2.45, 2.75) is 33.2 Å². The molecule has 1 N–H and O–H groups in total. The third-order valence-electron chi connectivity index (χ3n) is 2.39. The third kappa shape index (κ3) is 3.11. The summed E-state index contributed by atoms with van der Waals surface area (Å²) in [7, 11) is 2.01. The number of rotatable bonds is 4. The monoisotopic (exact) mass is 192 g/mol. The van der Waals surface area contributed by atoms with Crippen molar-refractivity contribution in [2.75, 3.05) is 7.05 Å². The second kappa shape index (κ2) is 5.11. The minimum absolute atomic E-state index is 0.433. The molecule has 0 fully saturated rings. The van der Waals surface area contributed by atoms with Crippen LogP contribution in [0.3, 0.4) is 0 Å². The van der Waals surface area contributed by atoms with Crippen LogP contribution in [0.2, 0.25) is 0 Å². The van der Waals surface area contributed by atoms with Gasteiger partial charge in [-0.2, -0.15) is 0 Å². The number of nitrogens with zero attached hydrogens (tertiary/aromatic N) is 1. The van der Waals surface area contributed by atoms with Crippen molar-refractivity contribution in [3.63, 3.8) is 0 Å². The van der Waals surface area contributed by atoms with Gasteiger partial charge in [-0.05, 0) is 37.9 Å². The number of aryl methyl sites for hydroxylation is 1. The maximum atomic E-state index is 4.32. The predicted molar refractivity (Wildman–Crippen MR) is 60.2 cm³/mol. The SMILES string of the molecule is CNC(CC(C)C)c1ccc(C)nc1. The van der Waals surface area contributed by atoms with Crippen LogP contribution in [-0.4, -0.2) is 12.0 Å². The van der Waals surface area contributed by atoms with Crippen molar-refractivity contribution in [3.05, 3.63) is 29.6 Å². The van der Waals surface area contributed by atoms with E-state index >= 15 is 0 Å². The Morgan fingerprint density at radius 3 is 2.50 bits per heavy atom. The smallest absolute Gasteiger partial charge is 0.0372 e. The molecule has 0 bridgehead atoms. The van der Waals surface area contributed by atoms with Crippen LogP contribution in [0.4, 0.5) is 0 Å². The fraction of sp³-hybridized carbons (Fsp3) is 0.583. The summed E-state index contributed by atoms with van der Waals surface area (Å²) in [6.45, 7) is 6.50. The number of hydrogen-bond donors (Lipinski definition) is 1. The van der Waals surface area contributed by atoms with E-state index in [4.69, 9.17) is 0 Å². The number of pyridine rings is 1. The van der Waals surface area contributed by atoms with E-state index in [1.165, 1.54) is 5.56 Å². The zero-order valence-electron chi connectivity index (χ0n) is 9.54. The summed E-state index contributed by atoms with van der Waals surface area (Å²) in [5.41, 5.74) is 2.36. The lowest BCUT2D eigenvalue weighted by atomic mass is 9.98. The summed E-state index contributed by atoms with van der Waals surface area (Å²) in [6.07, 6.45) is 3.13. The van der Waals surface area contributed by atoms with E-state index in [2.05, 4.69) is 36.3 Å². The van der Waals surface area contributed by atoms with Crippen LogP contribution < -0.4 is 5.32 Å². The first kappa shape index (κ1) is 11.2. The highest BCUT2D eigenvalue weighted by atomic mass is 14.9. The van der Waals surface area contributed by atoms with Crippen LogP contribution in [-0.2, 0) is 0 Å². The third-order valence-corrected chi connectivity index (χ3v) is 2.39. The second-order valence-corrected chi connectivity index (χ2v) is 4.20. The Morgan fingerprint density at radius 1 is 1.36 bits per heavy atom. The molecule has 0 saturated carbocycles. The van der Waals surface area contributed by atoms with Gasteiger partial charge in [0, 0.05) is 17.9 Å². The van der Waals surface area contributed by atoms with Crippen molar-refractivity contribution in [2.24, 2.45) is 5.92 Å². The predicted octanol–water partition coefficient (Wildman–Crippen LogP) is 2.70. The Kier molecular flexibility index (Phi) is 4.08. The molecule has 0 aliphatic heterocycles. The van der Waals surface area contributed by atoms with E-state index < -0.39 is 0 Å². The molecule has 1 aromatic rings. The Balaban J connectivity index is 2.73. The van der Waals surface area contributed by atoms with Crippen molar-refractivity contribution in [1.29, 1.82) is 0 Å². The molecule has 14 heavy (non-hydrogen) atoms. The average Bonchev–Trinajstić information content (AvgIpc) is 2.15. The normalized spacial score (nSPS) is 13.2. The van der Waals surface area contributed by atoms with E-state index in [1.54, 1.807) is 0 Å². The van der Waals surface area contributed by atoms with E-state index in [-0.39, 0.29) is 0 Å². The van der Waals surface area contributed by atoms with Gasteiger partial charge in [0.05, 0.1) is 0 Å². The molecule has 0 aliphatic carbocycles. The van der Waals surface area contributed by atoms with Crippen LogP contribution in [0, 0.1) is 12.8 Å². The molecule has 0 saturated heterocycles. The van der Waals surface area contributed by atoms with Gasteiger partial charge in [-0.1, -0.05) is 19.9 Å². The summed E-state index contributed by atoms with van der Waals surface area (Å²) >= 11 is 0. The zero-order valence-corrected chi connectivity index (χ0v) is 9.54. The summed E-state index contributed by atoms with van der Waals surface area (Å²) in [6, 6.07) is 4.66. The highest BCUT2D eigenvalue weighted by molar-refractivity contribution is 5.17. The minimum Gasteiger partial charge on any atom is -0.313 e. The van der Waals surface area contributed by atoms with Crippen molar-refractivity contribution in [1.82, 2.24) is 10.3 Å². The number of hydrogen-bond acceptors (Lipinski definition) is 2. The molecular formula is C12H20N2. The molecule has 1 unspecified atom stereocenters. The van der Waals surface area contributed by atoms with Crippen LogP contribution >= 0.6 is 0 Å². The maximum absolute atomic E-state index is 4.32. The number of nitrogens with one attached hydrogen (secondary N) is 1. The molecule has 2 heteroatoms. The molecule has 1 rings (SSSR count). The van der Waals surface area contributed by atoms with Crippen LogP contribution in [0.5, 0.6) is 0 Å². The average molecular weight is 192 g/mol. The molecule has 1 atom stereocenters. The fourth-order valence-electron chi connectivity index (χ4n) is 1.58. The van der Waals surface area contributed by atoms with Gasteiger partial charge in [-0.25, -0.2) is 0 Å². The van der Waals surface area contributed by atoms with Gasteiger partial charge < -0.3 is 5.32 Å². The van der Waals surface area contributed by atoms with E-state index in [0.717, 1.165) is 12.1 Å². The molecule has 0 amide bonds. The molecule has 0 aliphatic rings. The van der Waals surface area contributed by atoms with E-state index in [0.29, 0.717) is 12.0 Å². The van der Waals surface area contributed by atoms with Crippen molar-refractivity contribution >= 4 is 0 Å². The molecule has 2 nitrogen and oxygen atoms in total. The van der Waals surface area contributed by atoms with E-state index in [1.807, 2.05) is 20.2 Å². The summed E-state index contributed by atoms with van der Waals surface area (Å²) in [5, 5.41) is 3.33. The fourth-order valence-corrected chi connectivity index (χ4v) is 1.58. The maximum Gasteiger partial charge on any atom is 0.0372 e. The highest BCUT2D eigenvalue weighted by Crippen LogP contribution is 2.19. The molecular weight excluding hydrogens is 172 g/mol. The van der Waals surface area contributed by atoms with Gasteiger partial charge in [0.25, 0.3) is 0 Å². The summed E-state index contributed by atoms with van der Waals surface area (Å²) in [5.74, 6) is 0.703. The summed E-state index contributed by atoms with van der Waals surface area (Å²) in [4.78, 5) is 4.32. The second-order valence-electron chi connectivity index (χ2n) is 4.20. The Hall–Kier alpha value is -0.890. The molecule has 1 aromatic heterocycles. The summed E-state index contributed by atoms with van der Waals surface area (Å²) < 4.78 is 0. The lowest BCUT2D eigenvalue weighted by molar-refractivity contribution is 0.456. The first-order chi connectivity index (χ1) is 6.63. The van der Waals surface area contributed by atoms with Crippen LogP contribution in [0.1, 0.15) is 37.6 Å². The Labute approximate surface area is 86.8 Å². The van der Waals surface area contributed by atoms with Gasteiger partial charge in [0.2, 0.25) is 0 Å². The van der Waals surface area contributed by atoms with Crippen LogP contribution in [0.25, 0.3) is 0 Å². The Morgan fingerprint density at radius 2 is 2.07 bits per heavy atom. The highest BCUT2D eigenvalue weighted by Gasteiger charge is 2.10. The molecule has 0 spiro atoms. The van der Waals surface area contributed by atoms with Gasteiger partial charge in [0.15, 0.2) is 0 Å². The molecule has 78 valence electrons. The van der Waals surface area contributed by atoms with E-state index in [9.17, 15) is 0 Å². The topological polar surface area (TPSA) is 24.9 Å². The quantitative estimate of drug-likeness (QED) is 0.793. The first-order valence-electron chi connectivity index (χ1n) is 5.23. The molecule has 0 aromatic carbocycles. The van der Waals surface area contributed by atoms with Gasteiger partial charge in [-0.3, -0.25) is 4.98 Å². The van der Waals surface area contributed by atoms with Gasteiger partial charge >= 0.3 is 0 Å². The molecule has 1 heterocycles. The lowest BCUT2D eigenvalue weighted by Crippen LogP contribution is -2.18. The zero-order chi connectivity index (χ0) is 10.6. The van der Waals surface area contributed by atoms with Gasteiger partial charge in [0.1, 0.15) is 0 Å². The number of aromatic nitrogens is 1. The standard InChI is InChI=1S/C12H20N2/c1-9(2)7-12(13-4)11-6-5-10(3)14-8-11/h5-6,8-9,12-13H,7H2,1-4H3. The largest absolute Gasteiger partial charge is 0.313 e. The lowest BCUT2D eigenvalue weighted by Gasteiger charge is -2.18.